The van der Waals surface area contributed by atoms with Crippen molar-refractivity contribution in [1.29, 1.82) is 0 Å². The first-order valence-electron chi connectivity index (χ1n) is 4.81. The average Bonchev–Trinajstić information content (AvgIpc) is 2.26. The number of ether oxygens (including phenoxy) is 1. The van der Waals surface area contributed by atoms with Crippen molar-refractivity contribution in [3.63, 3.8) is 0 Å². The number of carbonyl (C=O) groups excluding carboxylic acids is 2. The zero-order chi connectivity index (χ0) is 12.0. The molecule has 16 heavy (non-hydrogen) atoms. The maximum Gasteiger partial charge on any atom is 0.379 e. The fourth-order valence-electron chi connectivity index (χ4n) is 1.07. The van der Waals surface area contributed by atoms with Crippen LogP contribution in [0.1, 0.15) is 12.5 Å². The monoisotopic (exact) mass is 220 g/mol. The van der Waals surface area contributed by atoms with Crippen LogP contribution in [0, 0.1) is 0 Å². The lowest BCUT2D eigenvalue weighted by Crippen LogP contribution is -2.14. The molecule has 1 aromatic carbocycles. The lowest BCUT2D eigenvalue weighted by molar-refractivity contribution is -0.151. The van der Waals surface area contributed by atoms with E-state index in [-0.39, 0.29) is 12.4 Å². The summed E-state index contributed by atoms with van der Waals surface area (Å²) < 4.78 is 4.53. The van der Waals surface area contributed by atoms with Crippen LogP contribution in [0.15, 0.2) is 30.3 Å². The van der Waals surface area contributed by atoms with Gasteiger partial charge in [-0.3, -0.25) is 4.79 Å². The zero-order valence-corrected chi connectivity index (χ0v) is 8.84. The molecule has 84 valence electrons. The minimum absolute atomic E-state index is 0.103. The van der Waals surface area contributed by atoms with Gasteiger partial charge in [0.1, 0.15) is 5.75 Å². The van der Waals surface area contributed by atoms with Gasteiger partial charge in [-0.1, -0.05) is 18.2 Å². The number of hydrogen-bond donors (Lipinski definition) is 1. The molecular formula is C12H12O4. The Morgan fingerprint density at radius 2 is 2.19 bits per heavy atom. The molecule has 0 spiro atoms. The van der Waals surface area contributed by atoms with Gasteiger partial charge in [-0.05, 0) is 30.7 Å². The van der Waals surface area contributed by atoms with E-state index < -0.39 is 11.8 Å². The SMILES string of the molecule is CCOC(=O)C(=O)/C=C/c1cccc(O)c1. The summed E-state index contributed by atoms with van der Waals surface area (Å²) in [7, 11) is 0. The highest BCUT2D eigenvalue weighted by atomic mass is 16.5. The molecule has 1 N–H and O–H groups in total. The van der Waals surface area contributed by atoms with E-state index in [0.717, 1.165) is 6.08 Å². The van der Waals surface area contributed by atoms with Gasteiger partial charge >= 0.3 is 5.97 Å². The van der Waals surface area contributed by atoms with E-state index in [9.17, 15) is 9.59 Å². The number of phenols is 1. The van der Waals surface area contributed by atoms with Crippen molar-refractivity contribution in [2.24, 2.45) is 0 Å². The van der Waals surface area contributed by atoms with Crippen LogP contribution < -0.4 is 0 Å². The molecule has 0 fully saturated rings. The molecular weight excluding hydrogens is 208 g/mol. The quantitative estimate of drug-likeness (QED) is 0.475. The second kappa shape index (κ2) is 5.70. The fraction of sp³-hybridized carbons (Fsp3) is 0.167. The number of carbonyl (C=O) groups is 2. The molecule has 0 unspecified atom stereocenters. The van der Waals surface area contributed by atoms with Gasteiger partial charge in [-0.25, -0.2) is 4.79 Å². The van der Waals surface area contributed by atoms with E-state index in [1.165, 1.54) is 18.2 Å². The molecule has 1 rings (SSSR count). The molecule has 0 aromatic heterocycles. The fourth-order valence-corrected chi connectivity index (χ4v) is 1.07. The number of aromatic hydroxyl groups is 1. The van der Waals surface area contributed by atoms with Crippen LogP contribution >= 0.6 is 0 Å². The molecule has 0 saturated heterocycles. The first-order valence-corrected chi connectivity index (χ1v) is 4.81. The standard InChI is InChI=1S/C12H12O4/c1-2-16-12(15)11(14)7-6-9-4-3-5-10(13)8-9/h3-8,13H,2H2,1H3/b7-6+. The number of ketones is 1. The summed E-state index contributed by atoms with van der Waals surface area (Å²) in [5.74, 6) is -1.49. The molecule has 0 saturated carbocycles. The minimum Gasteiger partial charge on any atom is -0.508 e. The Morgan fingerprint density at radius 3 is 2.81 bits per heavy atom. The molecule has 0 aliphatic carbocycles. The van der Waals surface area contributed by atoms with Gasteiger partial charge in [0.05, 0.1) is 6.61 Å². The van der Waals surface area contributed by atoms with E-state index in [1.54, 1.807) is 19.1 Å². The van der Waals surface area contributed by atoms with E-state index in [0.29, 0.717) is 5.56 Å². The van der Waals surface area contributed by atoms with Crippen LogP contribution in [0.5, 0.6) is 5.75 Å². The summed E-state index contributed by atoms with van der Waals surface area (Å²) in [6.45, 7) is 1.80. The van der Waals surface area contributed by atoms with Crippen LogP contribution in [0.2, 0.25) is 0 Å². The third-order valence-corrected chi connectivity index (χ3v) is 1.77. The zero-order valence-electron chi connectivity index (χ0n) is 8.84. The molecule has 1 aromatic rings. The first kappa shape index (κ1) is 12.0. The molecule has 0 atom stereocenters. The largest absolute Gasteiger partial charge is 0.508 e. The first-order chi connectivity index (χ1) is 7.63. The van der Waals surface area contributed by atoms with Gasteiger partial charge in [-0.15, -0.1) is 0 Å². The van der Waals surface area contributed by atoms with Gasteiger partial charge < -0.3 is 9.84 Å². The lowest BCUT2D eigenvalue weighted by Gasteiger charge is -1.96. The average molecular weight is 220 g/mol. The van der Waals surface area contributed by atoms with Crippen LogP contribution in [-0.2, 0) is 14.3 Å². The maximum absolute atomic E-state index is 11.2. The highest BCUT2D eigenvalue weighted by Crippen LogP contribution is 2.11. The van der Waals surface area contributed by atoms with Gasteiger partial charge in [0.15, 0.2) is 0 Å². The molecule has 4 heteroatoms. The van der Waals surface area contributed by atoms with Gasteiger partial charge in [0.2, 0.25) is 0 Å². The highest BCUT2D eigenvalue weighted by Gasteiger charge is 2.09. The number of rotatable bonds is 4. The number of hydrogen-bond acceptors (Lipinski definition) is 4. The Labute approximate surface area is 93.2 Å². The molecule has 0 amide bonds. The summed E-state index contributed by atoms with van der Waals surface area (Å²) in [5, 5.41) is 9.16. The molecule has 0 heterocycles. The molecule has 0 radical (unpaired) electrons. The smallest absolute Gasteiger partial charge is 0.379 e. The van der Waals surface area contributed by atoms with Crippen molar-refractivity contribution in [2.75, 3.05) is 6.61 Å². The summed E-state index contributed by atoms with van der Waals surface area (Å²) >= 11 is 0. The van der Waals surface area contributed by atoms with Gasteiger partial charge in [0, 0.05) is 0 Å². The van der Waals surface area contributed by atoms with E-state index in [4.69, 9.17) is 5.11 Å². The molecule has 4 nitrogen and oxygen atoms in total. The minimum atomic E-state index is -0.876. The van der Waals surface area contributed by atoms with Crippen molar-refractivity contribution in [3.05, 3.63) is 35.9 Å². The second-order valence-electron chi connectivity index (χ2n) is 3.01. The van der Waals surface area contributed by atoms with Crippen molar-refractivity contribution >= 4 is 17.8 Å². The summed E-state index contributed by atoms with van der Waals surface area (Å²) in [5.41, 5.74) is 0.637. The highest BCUT2D eigenvalue weighted by molar-refractivity contribution is 6.39. The van der Waals surface area contributed by atoms with Crippen LogP contribution in [0.3, 0.4) is 0 Å². The van der Waals surface area contributed by atoms with Crippen LogP contribution in [0.25, 0.3) is 6.08 Å². The molecule has 0 aliphatic rings. The Kier molecular flexibility index (Phi) is 4.27. The molecule has 0 bridgehead atoms. The topological polar surface area (TPSA) is 63.6 Å². The summed E-state index contributed by atoms with van der Waals surface area (Å²) in [6.07, 6.45) is 2.56. The maximum atomic E-state index is 11.2. The van der Waals surface area contributed by atoms with Gasteiger partial charge in [0.25, 0.3) is 5.78 Å². The van der Waals surface area contributed by atoms with Crippen LogP contribution in [-0.4, -0.2) is 23.5 Å². The summed E-state index contributed by atoms with van der Waals surface area (Å²) in [6, 6.07) is 6.35. The van der Waals surface area contributed by atoms with Crippen molar-refractivity contribution < 1.29 is 19.4 Å². The van der Waals surface area contributed by atoms with E-state index in [2.05, 4.69) is 4.74 Å². The normalized spacial score (nSPS) is 10.3. The van der Waals surface area contributed by atoms with E-state index in [1.807, 2.05) is 0 Å². The second-order valence-corrected chi connectivity index (χ2v) is 3.01. The number of phenolic OH excluding ortho intramolecular Hbond substituents is 1. The lowest BCUT2D eigenvalue weighted by atomic mass is 10.2. The Bertz CT molecular complexity index is 421. The van der Waals surface area contributed by atoms with Crippen molar-refractivity contribution in [1.82, 2.24) is 0 Å². The molecule has 0 aliphatic heterocycles. The van der Waals surface area contributed by atoms with E-state index >= 15 is 0 Å². The van der Waals surface area contributed by atoms with Crippen molar-refractivity contribution in [3.8, 4) is 5.75 Å². The Hall–Kier alpha value is -2.10. The Morgan fingerprint density at radius 1 is 1.44 bits per heavy atom. The third-order valence-electron chi connectivity index (χ3n) is 1.77. The predicted molar refractivity (Wildman–Crippen MR) is 58.8 cm³/mol. The third kappa shape index (κ3) is 3.57. The number of benzene rings is 1. The predicted octanol–water partition coefficient (Wildman–Crippen LogP) is 1.54. The van der Waals surface area contributed by atoms with Crippen molar-refractivity contribution in [2.45, 2.75) is 6.92 Å². The number of esters is 1. The van der Waals surface area contributed by atoms with Crippen LogP contribution in [0.4, 0.5) is 0 Å². The Balaban J connectivity index is 2.67. The van der Waals surface area contributed by atoms with Gasteiger partial charge in [-0.2, -0.15) is 0 Å². The summed E-state index contributed by atoms with van der Waals surface area (Å²) in [4.78, 5) is 22.1.